The molecule has 0 spiro atoms. The molecule has 0 bridgehead atoms. The number of amides is 1. The Morgan fingerprint density at radius 3 is 2.69 bits per heavy atom. The molecule has 1 fully saturated rings. The molecule has 3 heterocycles. The van der Waals surface area contributed by atoms with Gasteiger partial charge < -0.3 is 10.6 Å². The van der Waals surface area contributed by atoms with Crippen LogP contribution >= 0.6 is 22.9 Å². The van der Waals surface area contributed by atoms with Crippen molar-refractivity contribution in [1.82, 2.24) is 19.9 Å². The number of alkyl halides is 3. The number of anilines is 1. The van der Waals surface area contributed by atoms with E-state index in [1.54, 1.807) is 46.7 Å². The number of rotatable bonds is 8. The molecule has 0 radical (unpaired) electrons. The van der Waals surface area contributed by atoms with Crippen molar-refractivity contribution in [2.75, 3.05) is 23.4 Å². The van der Waals surface area contributed by atoms with E-state index in [9.17, 15) is 22.4 Å². The number of nitrogens with zero attached hydrogens (tertiary/aromatic N) is 3. The average molecular weight is 614 g/mol. The zero-order valence-electron chi connectivity index (χ0n) is 22.6. The summed E-state index contributed by atoms with van der Waals surface area (Å²) in [4.78, 5) is 17.2. The third kappa shape index (κ3) is 5.84. The highest BCUT2D eigenvalue weighted by Gasteiger charge is 2.38. The summed E-state index contributed by atoms with van der Waals surface area (Å²) in [5.41, 5.74) is 4.55. The fraction of sp³-hybridized carbons (Fsp3) is 0.333. The largest absolute Gasteiger partial charge is 0.390 e. The van der Waals surface area contributed by atoms with Crippen molar-refractivity contribution in [1.29, 1.82) is 0 Å². The number of fused-ring (bicyclic) bond motifs is 1. The molecule has 2 aliphatic rings. The Kier molecular flexibility index (Phi) is 7.63. The van der Waals surface area contributed by atoms with Gasteiger partial charge in [0.1, 0.15) is 10.6 Å². The lowest BCUT2D eigenvalue weighted by Gasteiger charge is -2.30. The van der Waals surface area contributed by atoms with E-state index in [-0.39, 0.29) is 18.5 Å². The minimum absolute atomic E-state index is 0.119. The topological polar surface area (TPSA) is 71.3 Å². The van der Waals surface area contributed by atoms with E-state index in [0.29, 0.717) is 33.8 Å². The highest BCUT2D eigenvalue weighted by Crippen LogP contribution is 2.45. The van der Waals surface area contributed by atoms with Crippen LogP contribution in [-0.4, -0.2) is 50.8 Å². The van der Waals surface area contributed by atoms with E-state index in [2.05, 4.69) is 20.8 Å². The quantitative estimate of drug-likeness (QED) is 0.214. The van der Waals surface area contributed by atoms with Crippen LogP contribution in [0.25, 0.3) is 16.9 Å². The minimum atomic E-state index is -4.33. The highest BCUT2D eigenvalue weighted by atomic mass is 32.2. The van der Waals surface area contributed by atoms with Crippen LogP contribution in [0.5, 0.6) is 0 Å². The maximum atomic E-state index is 14.4. The molecule has 218 valence electrons. The fourth-order valence-electron chi connectivity index (χ4n) is 4.92. The van der Waals surface area contributed by atoms with Crippen LogP contribution < -0.4 is 10.6 Å². The third-order valence-electron chi connectivity index (χ3n) is 7.18. The molecule has 2 aromatic heterocycles. The van der Waals surface area contributed by atoms with Gasteiger partial charge in [-0.3, -0.25) is 4.79 Å². The van der Waals surface area contributed by atoms with Gasteiger partial charge in [-0.25, -0.2) is 13.9 Å². The molecule has 2 N–H and O–H groups in total. The first kappa shape index (κ1) is 28.5. The van der Waals surface area contributed by atoms with Crippen LogP contribution in [0.15, 0.2) is 54.7 Å². The van der Waals surface area contributed by atoms with Crippen LogP contribution in [0.1, 0.15) is 46.4 Å². The van der Waals surface area contributed by atoms with Gasteiger partial charge in [-0.1, -0.05) is 23.4 Å². The van der Waals surface area contributed by atoms with Crippen LogP contribution in [0.3, 0.4) is 0 Å². The summed E-state index contributed by atoms with van der Waals surface area (Å²) >= 11 is 3.03. The lowest BCUT2D eigenvalue weighted by Crippen LogP contribution is -2.27. The first-order valence-corrected chi connectivity index (χ1v) is 15.5. The molecular formula is C30H27F4N5OS2. The summed E-state index contributed by atoms with van der Waals surface area (Å²) in [6.07, 6.45) is -1.76. The number of imidazole rings is 1. The number of hydrogen-bond acceptors (Lipinski definition) is 5. The summed E-state index contributed by atoms with van der Waals surface area (Å²) in [6.45, 7) is 1.51. The van der Waals surface area contributed by atoms with Gasteiger partial charge in [0.15, 0.2) is 5.65 Å². The van der Waals surface area contributed by atoms with E-state index in [0.717, 1.165) is 35.5 Å². The Hall–Kier alpha value is -3.60. The van der Waals surface area contributed by atoms with E-state index in [1.807, 2.05) is 19.1 Å². The predicted molar refractivity (Wildman–Crippen MR) is 159 cm³/mol. The number of aryl methyl sites for hydroxylation is 1. The number of aromatic nitrogens is 3. The third-order valence-corrected chi connectivity index (χ3v) is 9.82. The monoisotopic (exact) mass is 613 g/mol. The number of carbonyl (C=O) groups is 1. The van der Waals surface area contributed by atoms with Crippen LogP contribution in [-0.2, 0) is 4.75 Å². The van der Waals surface area contributed by atoms with Crippen molar-refractivity contribution in [3.63, 3.8) is 0 Å². The number of hydrogen-bond donors (Lipinski definition) is 2. The Balaban J connectivity index is 1.48. The van der Waals surface area contributed by atoms with Crippen molar-refractivity contribution < 1.29 is 22.4 Å². The van der Waals surface area contributed by atoms with Gasteiger partial charge in [0.2, 0.25) is 0 Å². The fourth-order valence-corrected chi connectivity index (χ4v) is 7.37. The molecule has 1 aliphatic heterocycles. The average Bonchev–Trinajstić information content (AvgIpc) is 3.67. The van der Waals surface area contributed by atoms with Gasteiger partial charge in [-0.15, -0.1) is 22.9 Å². The molecule has 4 aromatic rings. The van der Waals surface area contributed by atoms with E-state index in [1.165, 1.54) is 23.3 Å². The number of halogens is 4. The number of benzene rings is 2. The number of carbonyl (C=O) groups excluding carboxylic acids is 1. The van der Waals surface area contributed by atoms with Gasteiger partial charge in [0, 0.05) is 35.2 Å². The second kappa shape index (κ2) is 11.2. The van der Waals surface area contributed by atoms with Gasteiger partial charge in [-0.2, -0.15) is 18.3 Å². The summed E-state index contributed by atoms with van der Waals surface area (Å²) < 4.78 is 54.2. The lowest BCUT2D eigenvalue weighted by atomic mass is 9.95. The molecule has 12 heteroatoms. The molecule has 1 saturated carbocycles. The van der Waals surface area contributed by atoms with Gasteiger partial charge in [-0.05, 0) is 61.2 Å². The molecule has 2 aromatic carbocycles. The van der Waals surface area contributed by atoms with Crippen molar-refractivity contribution >= 4 is 40.2 Å². The normalized spacial score (nSPS) is 18.6. The maximum absolute atomic E-state index is 14.4. The second-order valence-corrected chi connectivity index (χ2v) is 12.6. The van der Waals surface area contributed by atoms with Crippen molar-refractivity contribution in [3.05, 3.63) is 82.9 Å². The Morgan fingerprint density at radius 1 is 1.17 bits per heavy atom. The first-order valence-electron chi connectivity index (χ1n) is 13.5. The predicted octanol–water partition coefficient (Wildman–Crippen LogP) is 6.78. The van der Waals surface area contributed by atoms with Crippen molar-refractivity contribution in [2.45, 2.75) is 43.2 Å². The van der Waals surface area contributed by atoms with Gasteiger partial charge in [0.05, 0.1) is 29.7 Å². The molecule has 6 rings (SSSR count). The van der Waals surface area contributed by atoms with E-state index in [4.69, 9.17) is 5.10 Å². The van der Waals surface area contributed by atoms with E-state index >= 15 is 0 Å². The molecule has 1 unspecified atom stereocenters. The van der Waals surface area contributed by atoms with Crippen molar-refractivity contribution in [2.24, 2.45) is 0 Å². The first-order chi connectivity index (χ1) is 20.1. The molecule has 1 atom stereocenters. The van der Waals surface area contributed by atoms with Gasteiger partial charge in [0.25, 0.3) is 5.91 Å². The molecule has 1 aliphatic carbocycles. The minimum Gasteiger partial charge on any atom is -0.382 e. The zero-order valence-corrected chi connectivity index (χ0v) is 24.2. The summed E-state index contributed by atoms with van der Waals surface area (Å²) in [5.74, 6) is 1.03. The highest BCUT2D eigenvalue weighted by molar-refractivity contribution is 8.03. The number of thioether (sulfide) groups is 1. The zero-order chi connectivity index (χ0) is 29.5. The second-order valence-electron chi connectivity index (χ2n) is 10.4. The van der Waals surface area contributed by atoms with Crippen LogP contribution in [0.2, 0.25) is 0 Å². The SMILES string of the molecule is Cc1cc(-c2cnc3c(NCCC(F)(F)F)cc(C4(c5cccc(F)c5)C#SCCS4)nn23)ccc1C(=O)NC1CC1. The standard InChI is InChI=1S/C30H27F4N5OS2/c1-18-13-19(5-8-23(18)28(40)37-22-6-7-22)25-16-36-27-24(35-10-9-30(32,33)34)15-26(38-39(25)27)29(17-41-11-12-42-29)20-3-2-4-21(31)14-20/h2-5,8,13-16,22,35H,6-7,9-12H2,1H3,(H,37,40). The summed E-state index contributed by atoms with van der Waals surface area (Å²) in [7, 11) is 0. The molecular weight excluding hydrogens is 586 g/mol. The molecule has 1 amide bonds. The Morgan fingerprint density at radius 2 is 2.00 bits per heavy atom. The van der Waals surface area contributed by atoms with Crippen LogP contribution in [0.4, 0.5) is 23.2 Å². The summed E-state index contributed by atoms with van der Waals surface area (Å²) in [6, 6.07) is 13.6. The Labute approximate surface area is 247 Å². The van der Waals surface area contributed by atoms with Gasteiger partial charge >= 0.3 is 6.18 Å². The molecule has 6 nitrogen and oxygen atoms in total. The number of nitrogens with one attached hydrogen (secondary N) is 2. The smallest absolute Gasteiger partial charge is 0.382 e. The summed E-state index contributed by atoms with van der Waals surface area (Å²) in [5, 5.41) is 14.3. The van der Waals surface area contributed by atoms with Crippen LogP contribution in [0, 0.1) is 17.9 Å². The molecule has 0 saturated heterocycles. The lowest BCUT2D eigenvalue weighted by molar-refractivity contribution is -0.131. The Bertz CT molecular complexity index is 1740. The van der Waals surface area contributed by atoms with E-state index < -0.39 is 23.2 Å². The maximum Gasteiger partial charge on any atom is 0.390 e. The van der Waals surface area contributed by atoms with Crippen molar-refractivity contribution in [3.8, 4) is 16.4 Å². The molecule has 42 heavy (non-hydrogen) atoms.